The summed E-state index contributed by atoms with van der Waals surface area (Å²) in [6.07, 6.45) is 1.20. The minimum atomic E-state index is -0.414. The molecule has 0 aromatic heterocycles. The Labute approximate surface area is 111 Å². The SMILES string of the molecule is Cc1ccc(C(C)(C)C)cc1CCC(O)C(C)N. The summed E-state index contributed by atoms with van der Waals surface area (Å²) in [5, 5.41) is 9.78. The lowest BCUT2D eigenvalue weighted by Gasteiger charge is -2.21. The van der Waals surface area contributed by atoms with Crippen LogP contribution >= 0.6 is 0 Å². The molecule has 0 saturated heterocycles. The Morgan fingerprint density at radius 3 is 2.39 bits per heavy atom. The first-order valence-corrected chi connectivity index (χ1v) is 6.75. The summed E-state index contributed by atoms with van der Waals surface area (Å²) < 4.78 is 0. The minimum absolute atomic E-state index is 0.156. The van der Waals surface area contributed by atoms with Gasteiger partial charge in [-0.3, -0.25) is 0 Å². The zero-order chi connectivity index (χ0) is 13.9. The monoisotopic (exact) mass is 249 g/mol. The summed E-state index contributed by atoms with van der Waals surface area (Å²) in [7, 11) is 0. The van der Waals surface area contributed by atoms with Crippen LogP contribution in [0.3, 0.4) is 0 Å². The van der Waals surface area contributed by atoms with Gasteiger partial charge in [0.1, 0.15) is 0 Å². The van der Waals surface area contributed by atoms with Gasteiger partial charge in [0, 0.05) is 6.04 Å². The molecule has 2 heteroatoms. The number of nitrogens with two attached hydrogens (primary N) is 1. The third-order valence-electron chi connectivity index (χ3n) is 3.53. The Bertz CT molecular complexity index is 391. The fourth-order valence-electron chi connectivity index (χ4n) is 1.97. The van der Waals surface area contributed by atoms with E-state index in [0.717, 1.165) is 12.8 Å². The summed E-state index contributed by atoms with van der Waals surface area (Å²) in [6, 6.07) is 6.48. The standard InChI is InChI=1S/C16H27NO/c1-11-6-8-14(16(3,4)5)10-13(11)7-9-15(18)12(2)17/h6,8,10,12,15,18H,7,9,17H2,1-5H3. The van der Waals surface area contributed by atoms with E-state index in [0.29, 0.717) is 0 Å². The van der Waals surface area contributed by atoms with Crippen LogP contribution in [0.25, 0.3) is 0 Å². The highest BCUT2D eigenvalue weighted by Crippen LogP contribution is 2.25. The summed E-state index contributed by atoms with van der Waals surface area (Å²) in [5.74, 6) is 0. The molecule has 1 aromatic rings. The molecule has 18 heavy (non-hydrogen) atoms. The van der Waals surface area contributed by atoms with E-state index in [1.807, 2.05) is 6.92 Å². The van der Waals surface area contributed by atoms with Gasteiger partial charge in [-0.25, -0.2) is 0 Å². The van der Waals surface area contributed by atoms with Crippen LogP contribution in [-0.4, -0.2) is 17.3 Å². The highest BCUT2D eigenvalue weighted by Gasteiger charge is 2.15. The van der Waals surface area contributed by atoms with Crippen molar-refractivity contribution in [3.63, 3.8) is 0 Å². The van der Waals surface area contributed by atoms with Crippen LogP contribution in [0.15, 0.2) is 18.2 Å². The smallest absolute Gasteiger partial charge is 0.0691 e. The summed E-state index contributed by atoms with van der Waals surface area (Å²) in [5.41, 5.74) is 9.81. The van der Waals surface area contributed by atoms with Gasteiger partial charge in [0.15, 0.2) is 0 Å². The molecule has 2 nitrogen and oxygen atoms in total. The maximum atomic E-state index is 9.78. The number of hydrogen-bond donors (Lipinski definition) is 2. The van der Waals surface area contributed by atoms with Crippen LogP contribution < -0.4 is 5.73 Å². The van der Waals surface area contributed by atoms with E-state index in [-0.39, 0.29) is 11.5 Å². The number of rotatable bonds is 4. The molecule has 1 rings (SSSR count). The first kappa shape index (κ1) is 15.2. The predicted molar refractivity (Wildman–Crippen MR) is 77.9 cm³/mol. The number of benzene rings is 1. The molecule has 0 aliphatic heterocycles. The van der Waals surface area contributed by atoms with E-state index in [1.165, 1.54) is 16.7 Å². The van der Waals surface area contributed by atoms with E-state index in [2.05, 4.69) is 45.9 Å². The van der Waals surface area contributed by atoms with E-state index in [1.54, 1.807) is 0 Å². The Hall–Kier alpha value is -0.860. The highest BCUT2D eigenvalue weighted by atomic mass is 16.3. The number of aliphatic hydroxyl groups excluding tert-OH is 1. The van der Waals surface area contributed by atoms with Gasteiger partial charge in [-0.15, -0.1) is 0 Å². The Balaban J connectivity index is 2.82. The molecule has 2 atom stereocenters. The molecule has 0 saturated carbocycles. The third kappa shape index (κ3) is 4.11. The van der Waals surface area contributed by atoms with Crippen molar-refractivity contribution in [1.82, 2.24) is 0 Å². The Morgan fingerprint density at radius 2 is 1.89 bits per heavy atom. The van der Waals surface area contributed by atoms with Crippen LogP contribution in [-0.2, 0) is 11.8 Å². The lowest BCUT2D eigenvalue weighted by Crippen LogP contribution is -2.31. The zero-order valence-corrected chi connectivity index (χ0v) is 12.3. The van der Waals surface area contributed by atoms with E-state index in [9.17, 15) is 5.11 Å². The van der Waals surface area contributed by atoms with E-state index < -0.39 is 6.10 Å². The summed E-state index contributed by atoms with van der Waals surface area (Å²) in [6.45, 7) is 10.6. The lowest BCUT2D eigenvalue weighted by molar-refractivity contribution is 0.141. The van der Waals surface area contributed by atoms with E-state index in [4.69, 9.17) is 5.73 Å². The highest BCUT2D eigenvalue weighted by molar-refractivity contribution is 5.34. The second-order valence-corrected chi connectivity index (χ2v) is 6.36. The predicted octanol–water partition coefficient (Wildman–Crippen LogP) is 2.93. The molecular formula is C16H27NO. The minimum Gasteiger partial charge on any atom is -0.392 e. The van der Waals surface area contributed by atoms with Gasteiger partial charge in [0.25, 0.3) is 0 Å². The Kier molecular flexibility index (Phi) is 4.94. The topological polar surface area (TPSA) is 46.2 Å². The second-order valence-electron chi connectivity index (χ2n) is 6.36. The molecule has 0 radical (unpaired) electrons. The van der Waals surface area contributed by atoms with Gasteiger partial charge in [-0.1, -0.05) is 39.0 Å². The van der Waals surface area contributed by atoms with Crippen molar-refractivity contribution in [2.75, 3.05) is 0 Å². The maximum absolute atomic E-state index is 9.78. The third-order valence-corrected chi connectivity index (χ3v) is 3.53. The summed E-state index contributed by atoms with van der Waals surface area (Å²) in [4.78, 5) is 0. The molecule has 0 aliphatic carbocycles. The molecular weight excluding hydrogens is 222 g/mol. The van der Waals surface area contributed by atoms with Crippen LogP contribution in [0.1, 0.15) is 50.8 Å². The largest absolute Gasteiger partial charge is 0.392 e. The average molecular weight is 249 g/mol. The van der Waals surface area contributed by atoms with Crippen molar-refractivity contribution in [3.8, 4) is 0 Å². The zero-order valence-electron chi connectivity index (χ0n) is 12.3. The average Bonchev–Trinajstić information content (AvgIpc) is 2.25. The lowest BCUT2D eigenvalue weighted by atomic mass is 9.84. The van der Waals surface area contributed by atoms with Crippen molar-refractivity contribution in [2.45, 2.75) is 65.0 Å². The molecule has 0 bridgehead atoms. The van der Waals surface area contributed by atoms with E-state index >= 15 is 0 Å². The van der Waals surface area contributed by atoms with Gasteiger partial charge in [0.05, 0.1) is 6.10 Å². The molecule has 2 unspecified atom stereocenters. The van der Waals surface area contributed by atoms with Crippen molar-refractivity contribution < 1.29 is 5.11 Å². The quantitative estimate of drug-likeness (QED) is 0.862. The normalized spacial score (nSPS) is 15.5. The van der Waals surface area contributed by atoms with Crippen LogP contribution in [0.5, 0.6) is 0 Å². The van der Waals surface area contributed by atoms with Crippen molar-refractivity contribution in [2.24, 2.45) is 5.73 Å². The summed E-state index contributed by atoms with van der Waals surface area (Å²) >= 11 is 0. The molecule has 0 aliphatic rings. The Morgan fingerprint density at radius 1 is 1.28 bits per heavy atom. The van der Waals surface area contributed by atoms with Crippen LogP contribution in [0.2, 0.25) is 0 Å². The van der Waals surface area contributed by atoms with Crippen molar-refractivity contribution >= 4 is 0 Å². The molecule has 0 heterocycles. The maximum Gasteiger partial charge on any atom is 0.0691 e. The molecule has 0 fully saturated rings. The fraction of sp³-hybridized carbons (Fsp3) is 0.625. The van der Waals surface area contributed by atoms with Gasteiger partial charge < -0.3 is 10.8 Å². The van der Waals surface area contributed by atoms with Gasteiger partial charge >= 0.3 is 0 Å². The number of hydrogen-bond acceptors (Lipinski definition) is 2. The number of aliphatic hydroxyl groups is 1. The molecule has 102 valence electrons. The number of aryl methyl sites for hydroxylation is 2. The van der Waals surface area contributed by atoms with Crippen molar-refractivity contribution in [1.29, 1.82) is 0 Å². The second kappa shape index (κ2) is 5.85. The molecule has 3 N–H and O–H groups in total. The molecule has 1 aromatic carbocycles. The molecule has 0 spiro atoms. The fourth-order valence-corrected chi connectivity index (χ4v) is 1.97. The van der Waals surface area contributed by atoms with Crippen LogP contribution in [0.4, 0.5) is 0 Å². The van der Waals surface area contributed by atoms with Gasteiger partial charge in [0.2, 0.25) is 0 Å². The first-order chi connectivity index (χ1) is 8.21. The van der Waals surface area contributed by atoms with Crippen molar-refractivity contribution in [3.05, 3.63) is 34.9 Å². The molecule has 0 amide bonds. The van der Waals surface area contributed by atoms with Gasteiger partial charge in [-0.05, 0) is 48.8 Å². The van der Waals surface area contributed by atoms with Crippen LogP contribution in [0, 0.1) is 6.92 Å². The first-order valence-electron chi connectivity index (χ1n) is 6.75. The van der Waals surface area contributed by atoms with Gasteiger partial charge in [-0.2, -0.15) is 0 Å².